The van der Waals surface area contributed by atoms with Crippen LogP contribution in [0.2, 0.25) is 0 Å². The van der Waals surface area contributed by atoms with Gasteiger partial charge in [0, 0.05) is 45.1 Å². The highest BCUT2D eigenvalue weighted by molar-refractivity contribution is 5.47. The molecule has 0 spiro atoms. The van der Waals surface area contributed by atoms with Gasteiger partial charge in [-0.15, -0.1) is 0 Å². The van der Waals surface area contributed by atoms with Crippen molar-refractivity contribution in [2.45, 2.75) is 52.2 Å². The summed E-state index contributed by atoms with van der Waals surface area (Å²) in [6.07, 6.45) is 4.18. The lowest BCUT2D eigenvalue weighted by Crippen LogP contribution is -2.37. The summed E-state index contributed by atoms with van der Waals surface area (Å²) < 4.78 is 5.43. The number of pyridine rings is 1. The number of aromatic nitrogens is 1. The highest BCUT2D eigenvalue weighted by Crippen LogP contribution is 2.23. The molecule has 112 valence electrons. The van der Waals surface area contributed by atoms with Crippen LogP contribution in [0.1, 0.15) is 37.8 Å². The molecular formula is C16H27N3O. The van der Waals surface area contributed by atoms with Crippen LogP contribution in [0.15, 0.2) is 12.3 Å². The van der Waals surface area contributed by atoms with Gasteiger partial charge in [-0.1, -0.05) is 13.8 Å². The second kappa shape index (κ2) is 7.04. The number of nitrogens with one attached hydrogen (secondary N) is 1. The largest absolute Gasteiger partial charge is 0.381 e. The smallest absolute Gasteiger partial charge is 0.131 e. The molecule has 2 rings (SSSR count). The van der Waals surface area contributed by atoms with Crippen LogP contribution in [0, 0.1) is 6.92 Å². The molecule has 1 aliphatic heterocycles. The summed E-state index contributed by atoms with van der Waals surface area (Å²) in [5.41, 5.74) is 2.50. The molecule has 4 heteroatoms. The van der Waals surface area contributed by atoms with E-state index in [1.54, 1.807) is 0 Å². The molecule has 20 heavy (non-hydrogen) atoms. The summed E-state index contributed by atoms with van der Waals surface area (Å²) in [4.78, 5) is 6.99. The summed E-state index contributed by atoms with van der Waals surface area (Å²) in [5.74, 6) is 1.10. The van der Waals surface area contributed by atoms with Gasteiger partial charge in [-0.3, -0.25) is 0 Å². The van der Waals surface area contributed by atoms with Gasteiger partial charge in [-0.2, -0.15) is 0 Å². The van der Waals surface area contributed by atoms with Gasteiger partial charge in [0.15, 0.2) is 0 Å². The summed E-state index contributed by atoms with van der Waals surface area (Å²) in [5, 5.41) is 3.43. The summed E-state index contributed by atoms with van der Waals surface area (Å²) in [7, 11) is 2.15. The van der Waals surface area contributed by atoms with Gasteiger partial charge in [-0.05, 0) is 37.0 Å². The van der Waals surface area contributed by atoms with Gasteiger partial charge in [0.05, 0.1) is 0 Å². The molecule has 1 N–H and O–H groups in total. The van der Waals surface area contributed by atoms with Gasteiger partial charge in [-0.25, -0.2) is 4.98 Å². The molecular weight excluding hydrogens is 250 g/mol. The fourth-order valence-corrected chi connectivity index (χ4v) is 2.66. The zero-order chi connectivity index (χ0) is 14.5. The molecule has 0 saturated carbocycles. The van der Waals surface area contributed by atoms with Crippen LogP contribution in [0.4, 0.5) is 5.82 Å². The molecule has 1 saturated heterocycles. The average molecular weight is 277 g/mol. The number of aryl methyl sites for hydroxylation is 1. The van der Waals surface area contributed by atoms with Crippen LogP contribution in [0.25, 0.3) is 0 Å². The van der Waals surface area contributed by atoms with E-state index >= 15 is 0 Å². The third kappa shape index (κ3) is 3.93. The van der Waals surface area contributed by atoms with Gasteiger partial charge in [0.1, 0.15) is 5.82 Å². The standard InChI is InChI=1S/C16H27N3O/c1-12(2)17-10-14-9-13(3)16(18-11-14)19(4)15-5-7-20-8-6-15/h9,11-12,15,17H,5-8,10H2,1-4H3. The Labute approximate surface area is 122 Å². The fraction of sp³-hybridized carbons (Fsp3) is 0.688. The molecule has 1 fully saturated rings. The van der Waals surface area contributed by atoms with Crippen LogP contribution in [0.3, 0.4) is 0 Å². The van der Waals surface area contributed by atoms with E-state index in [0.717, 1.165) is 38.4 Å². The fourth-order valence-electron chi connectivity index (χ4n) is 2.66. The maximum atomic E-state index is 5.43. The number of ether oxygens (including phenoxy) is 1. The molecule has 0 bridgehead atoms. The number of nitrogens with zero attached hydrogens (tertiary/aromatic N) is 2. The number of rotatable bonds is 5. The van der Waals surface area contributed by atoms with Crippen molar-refractivity contribution in [3.8, 4) is 0 Å². The van der Waals surface area contributed by atoms with E-state index in [-0.39, 0.29) is 0 Å². The molecule has 0 atom stereocenters. The molecule has 1 aromatic heterocycles. The predicted molar refractivity (Wildman–Crippen MR) is 83.2 cm³/mol. The monoisotopic (exact) mass is 277 g/mol. The third-order valence-electron chi connectivity index (χ3n) is 3.89. The third-order valence-corrected chi connectivity index (χ3v) is 3.89. The Hall–Kier alpha value is -1.13. The summed E-state index contributed by atoms with van der Waals surface area (Å²) in [6, 6.07) is 3.29. The van der Waals surface area contributed by atoms with E-state index < -0.39 is 0 Å². The normalized spacial score (nSPS) is 16.6. The van der Waals surface area contributed by atoms with Crippen LogP contribution in [0.5, 0.6) is 0 Å². The van der Waals surface area contributed by atoms with Crippen molar-refractivity contribution < 1.29 is 4.74 Å². The van der Waals surface area contributed by atoms with Crippen molar-refractivity contribution in [1.29, 1.82) is 0 Å². The van der Waals surface area contributed by atoms with Crippen molar-refractivity contribution in [1.82, 2.24) is 10.3 Å². The first-order valence-electron chi connectivity index (χ1n) is 7.57. The molecule has 0 aromatic carbocycles. The highest BCUT2D eigenvalue weighted by atomic mass is 16.5. The van der Waals surface area contributed by atoms with Crippen LogP contribution < -0.4 is 10.2 Å². The lowest BCUT2D eigenvalue weighted by Gasteiger charge is -2.33. The Morgan fingerprint density at radius 3 is 2.70 bits per heavy atom. The van der Waals surface area contributed by atoms with Gasteiger partial charge in [0.25, 0.3) is 0 Å². The van der Waals surface area contributed by atoms with Crippen molar-refractivity contribution >= 4 is 5.82 Å². The van der Waals surface area contributed by atoms with Crippen molar-refractivity contribution in [2.75, 3.05) is 25.2 Å². The first-order valence-corrected chi connectivity index (χ1v) is 7.57. The average Bonchev–Trinajstić information content (AvgIpc) is 2.45. The molecule has 0 unspecified atom stereocenters. The van der Waals surface area contributed by atoms with Gasteiger partial charge in [0.2, 0.25) is 0 Å². The molecule has 1 aromatic rings. The first kappa shape index (κ1) is 15.3. The molecule has 4 nitrogen and oxygen atoms in total. The van der Waals surface area contributed by atoms with E-state index in [4.69, 9.17) is 4.74 Å². The Morgan fingerprint density at radius 2 is 2.10 bits per heavy atom. The highest BCUT2D eigenvalue weighted by Gasteiger charge is 2.20. The molecule has 2 heterocycles. The van der Waals surface area contributed by atoms with Crippen molar-refractivity contribution in [3.63, 3.8) is 0 Å². The maximum absolute atomic E-state index is 5.43. The van der Waals surface area contributed by atoms with E-state index in [1.807, 2.05) is 6.20 Å². The summed E-state index contributed by atoms with van der Waals surface area (Å²) in [6.45, 7) is 9.08. The van der Waals surface area contributed by atoms with E-state index in [9.17, 15) is 0 Å². The zero-order valence-corrected chi connectivity index (χ0v) is 13.1. The molecule has 0 radical (unpaired) electrons. The molecule has 0 aliphatic carbocycles. The molecule has 0 amide bonds. The minimum Gasteiger partial charge on any atom is -0.381 e. The van der Waals surface area contributed by atoms with Gasteiger partial charge >= 0.3 is 0 Å². The Bertz CT molecular complexity index is 428. The second-order valence-corrected chi connectivity index (χ2v) is 5.97. The second-order valence-electron chi connectivity index (χ2n) is 5.97. The lowest BCUT2D eigenvalue weighted by molar-refractivity contribution is 0.0853. The van der Waals surface area contributed by atoms with Crippen LogP contribution in [-0.2, 0) is 11.3 Å². The summed E-state index contributed by atoms with van der Waals surface area (Å²) >= 11 is 0. The van der Waals surface area contributed by atoms with Crippen molar-refractivity contribution in [3.05, 3.63) is 23.4 Å². The minimum atomic E-state index is 0.500. The van der Waals surface area contributed by atoms with Crippen LogP contribution >= 0.6 is 0 Å². The van der Waals surface area contributed by atoms with E-state index in [2.05, 4.69) is 49.1 Å². The number of hydrogen-bond acceptors (Lipinski definition) is 4. The Morgan fingerprint density at radius 1 is 1.40 bits per heavy atom. The maximum Gasteiger partial charge on any atom is 0.131 e. The van der Waals surface area contributed by atoms with Gasteiger partial charge < -0.3 is 15.0 Å². The Balaban J connectivity index is 2.04. The van der Waals surface area contributed by atoms with E-state index in [1.165, 1.54) is 11.1 Å². The molecule has 1 aliphatic rings. The Kier molecular flexibility index (Phi) is 5.38. The predicted octanol–water partition coefficient (Wildman–Crippen LogP) is 2.50. The number of anilines is 1. The minimum absolute atomic E-state index is 0.500. The first-order chi connectivity index (χ1) is 9.58. The lowest BCUT2D eigenvalue weighted by atomic mass is 10.1. The van der Waals surface area contributed by atoms with Crippen LogP contribution in [-0.4, -0.2) is 37.3 Å². The van der Waals surface area contributed by atoms with Crippen molar-refractivity contribution in [2.24, 2.45) is 0 Å². The topological polar surface area (TPSA) is 37.4 Å². The SMILES string of the molecule is Cc1cc(CNC(C)C)cnc1N(C)C1CCOCC1. The van der Waals surface area contributed by atoms with E-state index in [0.29, 0.717) is 12.1 Å². The number of hydrogen-bond donors (Lipinski definition) is 1. The quantitative estimate of drug-likeness (QED) is 0.897. The zero-order valence-electron chi connectivity index (χ0n) is 13.1.